The van der Waals surface area contributed by atoms with Gasteiger partial charge in [-0.2, -0.15) is 0 Å². The van der Waals surface area contributed by atoms with Crippen LogP contribution in [0.25, 0.3) is 0 Å². The second-order valence-electron chi connectivity index (χ2n) is 4.04. The van der Waals surface area contributed by atoms with Crippen LogP contribution in [0.5, 0.6) is 5.75 Å². The van der Waals surface area contributed by atoms with E-state index in [1.165, 1.54) is 0 Å². The van der Waals surface area contributed by atoms with Crippen LogP contribution in [0.1, 0.15) is 11.1 Å². The van der Waals surface area contributed by atoms with E-state index in [-0.39, 0.29) is 5.84 Å². The van der Waals surface area contributed by atoms with Crippen LogP contribution in [0.2, 0.25) is 5.02 Å². The second-order valence-corrected chi connectivity index (χ2v) is 5.36. The molecule has 0 aromatic heterocycles. The van der Waals surface area contributed by atoms with E-state index in [2.05, 4.69) is 21.1 Å². The lowest BCUT2D eigenvalue weighted by Crippen LogP contribution is -2.13. The van der Waals surface area contributed by atoms with Crippen molar-refractivity contribution in [3.05, 3.63) is 63.1 Å². The molecule has 0 saturated carbocycles. The molecule has 0 aliphatic rings. The molecule has 2 aromatic rings. The van der Waals surface area contributed by atoms with Gasteiger partial charge < -0.3 is 15.7 Å². The summed E-state index contributed by atoms with van der Waals surface area (Å²) in [6, 6.07) is 12.7. The molecule has 6 heteroatoms. The number of benzene rings is 2. The van der Waals surface area contributed by atoms with Gasteiger partial charge >= 0.3 is 0 Å². The molecule has 0 radical (unpaired) electrons. The number of nitrogens with zero attached hydrogens (tertiary/aromatic N) is 1. The zero-order valence-electron chi connectivity index (χ0n) is 10.4. The Balaban J connectivity index is 2.11. The van der Waals surface area contributed by atoms with Crippen LogP contribution in [0.15, 0.2) is 52.1 Å². The summed E-state index contributed by atoms with van der Waals surface area (Å²) in [5, 5.41) is 12.1. The summed E-state index contributed by atoms with van der Waals surface area (Å²) in [7, 11) is 0. The number of ether oxygens (including phenoxy) is 1. The van der Waals surface area contributed by atoms with Gasteiger partial charge in [-0.1, -0.05) is 50.9 Å². The molecule has 0 saturated heterocycles. The third kappa shape index (κ3) is 3.65. The molecule has 20 heavy (non-hydrogen) atoms. The highest BCUT2D eigenvalue weighted by Gasteiger charge is 2.06. The molecule has 0 spiro atoms. The smallest absolute Gasteiger partial charge is 0.170 e. The first-order valence-electron chi connectivity index (χ1n) is 5.75. The van der Waals surface area contributed by atoms with Crippen molar-refractivity contribution in [1.82, 2.24) is 0 Å². The molecule has 0 atom stereocenters. The number of hydrogen-bond donors (Lipinski definition) is 2. The van der Waals surface area contributed by atoms with E-state index in [4.69, 9.17) is 27.3 Å². The molecule has 0 aliphatic carbocycles. The SMILES string of the molecule is N/C(=N/O)c1ccc(COc2cccc(Br)c2)c(Cl)c1. The van der Waals surface area contributed by atoms with Gasteiger partial charge in [0.25, 0.3) is 0 Å². The van der Waals surface area contributed by atoms with Crippen molar-refractivity contribution in [2.75, 3.05) is 0 Å². The Kier molecular flexibility index (Phi) is 4.87. The Morgan fingerprint density at radius 3 is 2.75 bits per heavy atom. The van der Waals surface area contributed by atoms with Gasteiger partial charge in [0.05, 0.1) is 0 Å². The van der Waals surface area contributed by atoms with Crippen LogP contribution < -0.4 is 10.5 Å². The highest BCUT2D eigenvalue weighted by atomic mass is 79.9. The maximum Gasteiger partial charge on any atom is 0.170 e. The summed E-state index contributed by atoms with van der Waals surface area (Å²) in [5.41, 5.74) is 6.88. The predicted molar refractivity (Wildman–Crippen MR) is 82.4 cm³/mol. The van der Waals surface area contributed by atoms with Crippen molar-refractivity contribution >= 4 is 33.4 Å². The predicted octanol–water partition coefficient (Wildman–Crippen LogP) is 3.78. The van der Waals surface area contributed by atoms with E-state index >= 15 is 0 Å². The molecule has 0 heterocycles. The number of nitrogens with two attached hydrogens (primary N) is 1. The molecule has 2 rings (SSSR count). The van der Waals surface area contributed by atoms with Gasteiger partial charge in [0.1, 0.15) is 12.4 Å². The molecule has 2 aromatic carbocycles. The van der Waals surface area contributed by atoms with E-state index in [9.17, 15) is 0 Å². The maximum atomic E-state index is 8.62. The highest BCUT2D eigenvalue weighted by Crippen LogP contribution is 2.22. The molecule has 4 nitrogen and oxygen atoms in total. The van der Waals surface area contributed by atoms with E-state index in [1.54, 1.807) is 18.2 Å². The van der Waals surface area contributed by atoms with Crippen LogP contribution in [0, 0.1) is 0 Å². The molecule has 104 valence electrons. The van der Waals surface area contributed by atoms with Crippen molar-refractivity contribution in [3.8, 4) is 5.75 Å². The topological polar surface area (TPSA) is 67.8 Å². The monoisotopic (exact) mass is 354 g/mol. The van der Waals surface area contributed by atoms with Crippen molar-refractivity contribution < 1.29 is 9.94 Å². The lowest BCUT2D eigenvalue weighted by molar-refractivity contribution is 0.306. The highest BCUT2D eigenvalue weighted by molar-refractivity contribution is 9.10. The summed E-state index contributed by atoms with van der Waals surface area (Å²) in [6.45, 7) is 0.339. The number of halogens is 2. The van der Waals surface area contributed by atoms with E-state index in [0.29, 0.717) is 17.2 Å². The standard InChI is InChI=1S/C14H12BrClN2O2/c15-11-2-1-3-12(7-11)20-8-10-5-4-9(6-13(10)16)14(17)18-19/h1-7,19H,8H2,(H2,17,18). The quantitative estimate of drug-likeness (QED) is 0.379. The Morgan fingerprint density at radius 2 is 2.10 bits per heavy atom. The Morgan fingerprint density at radius 1 is 1.30 bits per heavy atom. The van der Waals surface area contributed by atoms with Gasteiger partial charge in [0, 0.05) is 20.6 Å². The van der Waals surface area contributed by atoms with Crippen molar-refractivity contribution in [1.29, 1.82) is 0 Å². The lowest BCUT2D eigenvalue weighted by Gasteiger charge is -2.09. The summed E-state index contributed by atoms with van der Waals surface area (Å²) in [5.74, 6) is 0.766. The molecule has 0 unspecified atom stereocenters. The normalized spacial score (nSPS) is 11.4. The third-order valence-electron chi connectivity index (χ3n) is 2.65. The Labute approximate surface area is 129 Å². The summed E-state index contributed by atoms with van der Waals surface area (Å²) in [4.78, 5) is 0. The average molecular weight is 356 g/mol. The lowest BCUT2D eigenvalue weighted by atomic mass is 10.1. The first-order chi connectivity index (χ1) is 9.60. The van der Waals surface area contributed by atoms with E-state index in [1.807, 2.05) is 24.3 Å². The number of oxime groups is 1. The number of rotatable bonds is 4. The van der Waals surface area contributed by atoms with E-state index in [0.717, 1.165) is 15.8 Å². The zero-order valence-corrected chi connectivity index (χ0v) is 12.7. The summed E-state index contributed by atoms with van der Waals surface area (Å²) < 4.78 is 6.60. The van der Waals surface area contributed by atoms with Crippen molar-refractivity contribution in [2.45, 2.75) is 6.61 Å². The average Bonchev–Trinajstić information content (AvgIpc) is 2.45. The first kappa shape index (κ1) is 14.7. The van der Waals surface area contributed by atoms with Crippen molar-refractivity contribution in [3.63, 3.8) is 0 Å². The molecule has 0 bridgehead atoms. The minimum absolute atomic E-state index is 0.0198. The molecule has 0 fully saturated rings. The molecular weight excluding hydrogens is 344 g/mol. The fraction of sp³-hybridized carbons (Fsp3) is 0.0714. The summed E-state index contributed by atoms with van der Waals surface area (Å²) >= 11 is 9.53. The molecule has 0 amide bonds. The maximum absolute atomic E-state index is 8.62. The van der Waals surface area contributed by atoms with Crippen LogP contribution in [0.4, 0.5) is 0 Å². The Bertz CT molecular complexity index is 647. The Hall–Kier alpha value is -1.72. The van der Waals surface area contributed by atoms with Gasteiger partial charge in [0.15, 0.2) is 5.84 Å². The van der Waals surface area contributed by atoms with E-state index < -0.39 is 0 Å². The minimum Gasteiger partial charge on any atom is -0.489 e. The number of amidine groups is 1. The van der Waals surface area contributed by atoms with Gasteiger partial charge in [-0.3, -0.25) is 0 Å². The van der Waals surface area contributed by atoms with Crippen LogP contribution in [-0.4, -0.2) is 11.0 Å². The van der Waals surface area contributed by atoms with Crippen LogP contribution in [0.3, 0.4) is 0 Å². The van der Waals surface area contributed by atoms with Gasteiger partial charge in [-0.05, 0) is 24.3 Å². The number of hydrogen-bond acceptors (Lipinski definition) is 3. The fourth-order valence-electron chi connectivity index (χ4n) is 1.60. The van der Waals surface area contributed by atoms with Gasteiger partial charge in [-0.25, -0.2) is 0 Å². The van der Waals surface area contributed by atoms with Gasteiger partial charge in [0.2, 0.25) is 0 Å². The first-order valence-corrected chi connectivity index (χ1v) is 6.92. The third-order valence-corrected chi connectivity index (χ3v) is 3.49. The van der Waals surface area contributed by atoms with Crippen LogP contribution in [-0.2, 0) is 6.61 Å². The second kappa shape index (κ2) is 6.63. The largest absolute Gasteiger partial charge is 0.489 e. The molecule has 3 N–H and O–H groups in total. The van der Waals surface area contributed by atoms with Crippen molar-refractivity contribution in [2.24, 2.45) is 10.9 Å². The molecular formula is C14H12BrClN2O2. The molecule has 0 aliphatic heterocycles. The zero-order chi connectivity index (χ0) is 14.5. The van der Waals surface area contributed by atoms with Crippen LogP contribution >= 0.6 is 27.5 Å². The minimum atomic E-state index is 0.0198. The van der Waals surface area contributed by atoms with Gasteiger partial charge in [-0.15, -0.1) is 0 Å². The summed E-state index contributed by atoms with van der Waals surface area (Å²) in [6.07, 6.45) is 0. The fourth-order valence-corrected chi connectivity index (χ4v) is 2.21.